The highest BCUT2D eigenvalue weighted by atomic mass is 16.5. The van der Waals surface area contributed by atoms with E-state index in [9.17, 15) is 4.79 Å². The van der Waals surface area contributed by atoms with Crippen LogP contribution in [0, 0.1) is 0 Å². The zero-order valence-electron chi connectivity index (χ0n) is 14.3. The third kappa shape index (κ3) is 4.91. The summed E-state index contributed by atoms with van der Waals surface area (Å²) in [5, 5.41) is 11.1. The van der Waals surface area contributed by atoms with Gasteiger partial charge in [-0.25, -0.2) is 4.79 Å². The van der Waals surface area contributed by atoms with Gasteiger partial charge >= 0.3 is 5.97 Å². The third-order valence-electron chi connectivity index (χ3n) is 3.44. The molecule has 24 heavy (non-hydrogen) atoms. The molecule has 0 atom stereocenters. The molecule has 7 nitrogen and oxygen atoms in total. The zero-order chi connectivity index (χ0) is 17.4. The second-order valence-electron chi connectivity index (χ2n) is 5.34. The lowest BCUT2D eigenvalue weighted by Gasteiger charge is -2.17. The van der Waals surface area contributed by atoms with E-state index in [2.05, 4.69) is 27.4 Å². The van der Waals surface area contributed by atoms with Crippen LogP contribution in [0.2, 0.25) is 0 Å². The van der Waals surface area contributed by atoms with Crippen molar-refractivity contribution in [2.24, 2.45) is 0 Å². The normalized spacial score (nSPS) is 10.3. The predicted octanol–water partition coefficient (Wildman–Crippen LogP) is 3.03. The lowest BCUT2D eigenvalue weighted by molar-refractivity contribution is 0.0526. The standard InChI is InChI=1S/C17H23N5O2/c1-4-6-11-22(3)15-12-18-21-17(20-15)19-14-9-7-13(8-10-14)16(23)24-5-2/h7-10,12H,4-6,11H2,1-3H3,(H,19,20,21). The van der Waals surface area contributed by atoms with Gasteiger partial charge in [-0.05, 0) is 37.6 Å². The molecular weight excluding hydrogens is 306 g/mol. The average molecular weight is 329 g/mol. The molecule has 0 saturated carbocycles. The van der Waals surface area contributed by atoms with E-state index in [1.165, 1.54) is 0 Å². The van der Waals surface area contributed by atoms with Gasteiger partial charge in [0.1, 0.15) is 0 Å². The molecule has 7 heteroatoms. The lowest BCUT2D eigenvalue weighted by atomic mass is 10.2. The van der Waals surface area contributed by atoms with Gasteiger partial charge in [0.05, 0.1) is 18.4 Å². The molecule has 0 bridgehead atoms. The fraction of sp³-hybridized carbons (Fsp3) is 0.412. The average Bonchev–Trinajstić information content (AvgIpc) is 2.60. The molecule has 128 valence electrons. The summed E-state index contributed by atoms with van der Waals surface area (Å²) in [5.41, 5.74) is 1.28. The molecule has 1 N–H and O–H groups in total. The molecule has 0 amide bonds. The Hall–Kier alpha value is -2.70. The number of carbonyl (C=O) groups is 1. The van der Waals surface area contributed by atoms with Gasteiger partial charge in [0.15, 0.2) is 5.82 Å². The highest BCUT2D eigenvalue weighted by Crippen LogP contribution is 2.16. The monoisotopic (exact) mass is 329 g/mol. The van der Waals surface area contributed by atoms with Gasteiger partial charge in [0.2, 0.25) is 5.95 Å². The molecular formula is C17H23N5O2. The minimum atomic E-state index is -0.332. The first-order valence-electron chi connectivity index (χ1n) is 8.09. The molecule has 0 fully saturated rings. The van der Waals surface area contributed by atoms with E-state index >= 15 is 0 Å². The van der Waals surface area contributed by atoms with Crippen LogP contribution >= 0.6 is 0 Å². The van der Waals surface area contributed by atoms with Crippen LogP contribution in [-0.4, -0.2) is 41.3 Å². The van der Waals surface area contributed by atoms with E-state index in [1.54, 1.807) is 37.4 Å². The maximum Gasteiger partial charge on any atom is 0.338 e. The first kappa shape index (κ1) is 17.7. The van der Waals surface area contributed by atoms with E-state index in [0.29, 0.717) is 18.1 Å². The number of hydrogen-bond acceptors (Lipinski definition) is 7. The van der Waals surface area contributed by atoms with E-state index in [1.807, 2.05) is 11.9 Å². The van der Waals surface area contributed by atoms with Crippen LogP contribution in [0.5, 0.6) is 0 Å². The van der Waals surface area contributed by atoms with Crippen LogP contribution in [0.15, 0.2) is 30.5 Å². The lowest BCUT2D eigenvalue weighted by Crippen LogP contribution is -2.20. The van der Waals surface area contributed by atoms with Gasteiger partial charge in [-0.3, -0.25) is 0 Å². The summed E-state index contributed by atoms with van der Waals surface area (Å²) in [6.07, 6.45) is 3.87. The Morgan fingerprint density at radius 1 is 1.25 bits per heavy atom. The number of nitrogens with one attached hydrogen (secondary N) is 1. The SMILES string of the molecule is CCCCN(C)c1cnnc(Nc2ccc(C(=O)OCC)cc2)n1. The van der Waals surface area contributed by atoms with Gasteiger partial charge in [0.25, 0.3) is 0 Å². The predicted molar refractivity (Wildman–Crippen MR) is 93.7 cm³/mol. The van der Waals surface area contributed by atoms with Crippen LogP contribution in [0.4, 0.5) is 17.5 Å². The number of ether oxygens (including phenoxy) is 1. The number of nitrogens with zero attached hydrogens (tertiary/aromatic N) is 4. The Labute approximate surface area is 142 Å². The molecule has 0 aliphatic heterocycles. The third-order valence-corrected chi connectivity index (χ3v) is 3.44. The van der Waals surface area contributed by atoms with Gasteiger partial charge in [-0.2, -0.15) is 10.1 Å². The topological polar surface area (TPSA) is 80.2 Å². The number of rotatable bonds is 8. The summed E-state index contributed by atoms with van der Waals surface area (Å²) in [7, 11) is 1.98. The summed E-state index contributed by atoms with van der Waals surface area (Å²) in [6, 6.07) is 6.96. The molecule has 0 unspecified atom stereocenters. The van der Waals surface area contributed by atoms with Crippen molar-refractivity contribution in [2.75, 3.05) is 30.4 Å². The molecule has 0 saturated heterocycles. The number of benzene rings is 1. The molecule has 2 rings (SSSR count). The minimum absolute atomic E-state index is 0.332. The molecule has 0 aliphatic carbocycles. The Morgan fingerprint density at radius 2 is 2.00 bits per heavy atom. The summed E-state index contributed by atoms with van der Waals surface area (Å²) in [4.78, 5) is 18.1. The molecule has 0 aliphatic rings. The number of anilines is 3. The highest BCUT2D eigenvalue weighted by Gasteiger charge is 2.08. The number of unbranched alkanes of at least 4 members (excludes halogenated alkanes) is 1. The fourth-order valence-corrected chi connectivity index (χ4v) is 2.07. The van der Waals surface area contributed by atoms with Gasteiger partial charge in [-0.15, -0.1) is 5.10 Å². The first-order chi connectivity index (χ1) is 11.6. The van der Waals surface area contributed by atoms with Crippen molar-refractivity contribution >= 4 is 23.4 Å². The minimum Gasteiger partial charge on any atom is -0.462 e. The van der Waals surface area contributed by atoms with Crippen molar-refractivity contribution in [3.05, 3.63) is 36.0 Å². The second kappa shape index (κ2) is 8.81. The first-order valence-corrected chi connectivity index (χ1v) is 8.09. The van der Waals surface area contributed by atoms with Crippen LogP contribution in [0.3, 0.4) is 0 Å². The van der Waals surface area contributed by atoms with E-state index in [0.717, 1.165) is 30.9 Å². The van der Waals surface area contributed by atoms with E-state index < -0.39 is 0 Å². The Bertz CT molecular complexity index is 660. The van der Waals surface area contributed by atoms with Gasteiger partial charge in [-0.1, -0.05) is 13.3 Å². The summed E-state index contributed by atoms with van der Waals surface area (Å²) in [5.74, 6) is 0.852. The second-order valence-corrected chi connectivity index (χ2v) is 5.34. The number of carbonyl (C=O) groups excluding carboxylic acids is 1. The summed E-state index contributed by atoms with van der Waals surface area (Å²) >= 11 is 0. The van der Waals surface area contributed by atoms with Crippen LogP contribution in [-0.2, 0) is 4.74 Å². The van der Waals surface area contributed by atoms with Crippen LogP contribution in [0.1, 0.15) is 37.0 Å². The quantitative estimate of drug-likeness (QED) is 0.746. The molecule has 0 spiro atoms. The number of esters is 1. The Balaban J connectivity index is 2.04. The highest BCUT2D eigenvalue weighted by molar-refractivity contribution is 5.89. The van der Waals surface area contributed by atoms with Gasteiger partial charge in [0, 0.05) is 19.3 Å². The number of hydrogen-bond donors (Lipinski definition) is 1. The zero-order valence-corrected chi connectivity index (χ0v) is 14.3. The summed E-state index contributed by atoms with van der Waals surface area (Å²) < 4.78 is 4.96. The van der Waals surface area contributed by atoms with Crippen LogP contribution < -0.4 is 10.2 Å². The maximum absolute atomic E-state index is 11.6. The Morgan fingerprint density at radius 3 is 2.67 bits per heavy atom. The van der Waals surface area contributed by atoms with Crippen molar-refractivity contribution in [1.29, 1.82) is 0 Å². The maximum atomic E-state index is 11.6. The molecule has 1 heterocycles. The van der Waals surface area contributed by atoms with Gasteiger partial charge < -0.3 is 15.0 Å². The largest absolute Gasteiger partial charge is 0.462 e. The summed E-state index contributed by atoms with van der Waals surface area (Å²) in [6.45, 7) is 5.21. The smallest absolute Gasteiger partial charge is 0.338 e. The molecule has 1 aromatic heterocycles. The van der Waals surface area contributed by atoms with E-state index in [-0.39, 0.29) is 5.97 Å². The van der Waals surface area contributed by atoms with Crippen LogP contribution in [0.25, 0.3) is 0 Å². The van der Waals surface area contributed by atoms with Crippen molar-refractivity contribution < 1.29 is 9.53 Å². The van der Waals surface area contributed by atoms with Crippen molar-refractivity contribution in [1.82, 2.24) is 15.2 Å². The van der Waals surface area contributed by atoms with Crippen molar-refractivity contribution in [2.45, 2.75) is 26.7 Å². The molecule has 1 aromatic carbocycles. The van der Waals surface area contributed by atoms with Crippen molar-refractivity contribution in [3.8, 4) is 0 Å². The Kier molecular flexibility index (Phi) is 6.48. The fourth-order valence-electron chi connectivity index (χ4n) is 2.07. The van der Waals surface area contributed by atoms with E-state index in [4.69, 9.17) is 4.74 Å². The number of aromatic nitrogens is 3. The molecule has 0 radical (unpaired) electrons. The molecule has 2 aromatic rings. The van der Waals surface area contributed by atoms with Crippen molar-refractivity contribution in [3.63, 3.8) is 0 Å².